The Balaban J connectivity index is 1.31. The van der Waals surface area contributed by atoms with Crippen molar-refractivity contribution in [3.8, 4) is 11.8 Å². The van der Waals surface area contributed by atoms with Crippen molar-refractivity contribution in [1.82, 2.24) is 25.1 Å². The van der Waals surface area contributed by atoms with E-state index in [1.165, 1.54) is 18.5 Å². The van der Waals surface area contributed by atoms with Gasteiger partial charge in [0, 0.05) is 13.1 Å². The Labute approximate surface area is 191 Å². The van der Waals surface area contributed by atoms with Crippen LogP contribution in [0.4, 0.5) is 4.39 Å². The summed E-state index contributed by atoms with van der Waals surface area (Å²) in [5, 5.41) is 31.1. The Kier molecular flexibility index (Phi) is 6.47. The number of benzene rings is 2. The first-order valence-electron chi connectivity index (χ1n) is 10.9. The molecule has 2 heterocycles. The van der Waals surface area contributed by atoms with Gasteiger partial charge in [0.05, 0.1) is 23.3 Å². The number of hydrogen-bond acceptors (Lipinski definition) is 6. The lowest BCUT2D eigenvalue weighted by Gasteiger charge is -2.38. The zero-order chi connectivity index (χ0) is 23.4. The van der Waals surface area contributed by atoms with Crippen LogP contribution in [0.5, 0.6) is 0 Å². The topological polar surface area (TPSA) is 108 Å². The number of hydrogen-bond donors (Lipinski definition) is 1. The predicted molar refractivity (Wildman–Crippen MR) is 118 cm³/mol. The number of aryl methyl sites for hydroxylation is 2. The van der Waals surface area contributed by atoms with E-state index >= 15 is 0 Å². The highest BCUT2D eigenvalue weighted by Crippen LogP contribution is 2.28. The van der Waals surface area contributed by atoms with Crippen molar-refractivity contribution in [2.24, 2.45) is 0 Å². The first-order valence-corrected chi connectivity index (χ1v) is 10.9. The average Bonchev–Trinajstić information content (AvgIpc) is 3.35. The lowest BCUT2D eigenvalue weighted by molar-refractivity contribution is -0.134. The second-order valence-corrected chi connectivity index (χ2v) is 8.57. The van der Waals surface area contributed by atoms with Gasteiger partial charge in [-0.15, -0.1) is 5.10 Å². The van der Waals surface area contributed by atoms with Crippen molar-refractivity contribution in [3.63, 3.8) is 0 Å². The van der Waals surface area contributed by atoms with E-state index in [9.17, 15) is 14.3 Å². The molecule has 170 valence electrons. The van der Waals surface area contributed by atoms with Gasteiger partial charge in [0.15, 0.2) is 0 Å². The number of carbonyl (C=O) groups is 1. The number of aromatic nitrogens is 4. The van der Waals surface area contributed by atoms with Crippen LogP contribution in [-0.4, -0.2) is 54.8 Å². The molecule has 33 heavy (non-hydrogen) atoms. The normalized spacial score (nSPS) is 15.3. The molecule has 1 amide bonds. The van der Waals surface area contributed by atoms with Gasteiger partial charge in [0.2, 0.25) is 5.91 Å². The van der Waals surface area contributed by atoms with Crippen LogP contribution in [0.2, 0.25) is 0 Å². The first-order chi connectivity index (χ1) is 15.9. The molecule has 2 aromatic carbocycles. The standard InChI is InChI=1S/C24H25FN6O2/c1-17-12-21(31-16-27-28-29-31)4-3-19(17)14-23(32)30-10-8-24(33,9-11-30)7-6-18-2-5-22(25)20(13-18)15-26/h2-5,12-13,16,33H,6-11,14H2,1H3. The maximum Gasteiger partial charge on any atom is 0.227 e. The lowest BCUT2D eigenvalue weighted by atomic mass is 9.85. The number of aliphatic hydroxyl groups is 1. The number of tetrazole rings is 1. The summed E-state index contributed by atoms with van der Waals surface area (Å²) in [4.78, 5) is 14.7. The minimum atomic E-state index is -0.874. The third-order valence-electron chi connectivity index (χ3n) is 6.36. The number of nitriles is 1. The van der Waals surface area contributed by atoms with E-state index in [0.29, 0.717) is 45.2 Å². The molecule has 1 aromatic heterocycles. The number of piperidine rings is 1. The van der Waals surface area contributed by atoms with Crippen LogP contribution in [0.1, 0.15) is 41.5 Å². The molecule has 0 radical (unpaired) electrons. The smallest absolute Gasteiger partial charge is 0.227 e. The highest BCUT2D eigenvalue weighted by atomic mass is 19.1. The molecule has 0 atom stereocenters. The quantitative estimate of drug-likeness (QED) is 0.621. The Bertz CT molecular complexity index is 1180. The summed E-state index contributed by atoms with van der Waals surface area (Å²) in [7, 11) is 0. The van der Waals surface area contributed by atoms with Crippen LogP contribution < -0.4 is 0 Å². The Morgan fingerprint density at radius 1 is 1.24 bits per heavy atom. The van der Waals surface area contributed by atoms with Gasteiger partial charge in [0.25, 0.3) is 0 Å². The molecule has 1 aliphatic heterocycles. The molecule has 0 saturated carbocycles. The minimum Gasteiger partial charge on any atom is -0.390 e. The molecule has 1 N–H and O–H groups in total. The van der Waals surface area contributed by atoms with E-state index in [0.717, 1.165) is 22.4 Å². The number of likely N-dealkylation sites (tertiary alicyclic amines) is 1. The summed E-state index contributed by atoms with van der Waals surface area (Å²) in [6.45, 7) is 2.94. The van der Waals surface area contributed by atoms with Crippen LogP contribution in [-0.2, 0) is 17.6 Å². The van der Waals surface area contributed by atoms with Gasteiger partial charge in [-0.2, -0.15) is 5.26 Å². The predicted octanol–water partition coefficient (Wildman–Crippen LogP) is 2.51. The average molecular weight is 449 g/mol. The summed E-state index contributed by atoms with van der Waals surface area (Å²) >= 11 is 0. The Morgan fingerprint density at radius 2 is 2.03 bits per heavy atom. The van der Waals surface area contributed by atoms with Crippen LogP contribution >= 0.6 is 0 Å². The zero-order valence-electron chi connectivity index (χ0n) is 18.4. The number of halogens is 1. The molecule has 3 aromatic rings. The summed E-state index contributed by atoms with van der Waals surface area (Å²) < 4.78 is 15.1. The van der Waals surface area contributed by atoms with Crippen molar-refractivity contribution >= 4 is 5.91 Å². The maximum absolute atomic E-state index is 13.5. The molecule has 0 unspecified atom stereocenters. The van der Waals surface area contributed by atoms with Crippen LogP contribution in [0, 0.1) is 24.1 Å². The molecule has 8 nitrogen and oxygen atoms in total. The van der Waals surface area contributed by atoms with Gasteiger partial charge < -0.3 is 10.0 Å². The van der Waals surface area contributed by atoms with E-state index < -0.39 is 11.4 Å². The van der Waals surface area contributed by atoms with E-state index in [4.69, 9.17) is 5.26 Å². The number of nitrogens with zero attached hydrogens (tertiary/aromatic N) is 6. The van der Waals surface area contributed by atoms with Gasteiger partial charge in [-0.3, -0.25) is 4.79 Å². The molecule has 1 saturated heterocycles. The van der Waals surface area contributed by atoms with Crippen molar-refractivity contribution in [2.45, 2.75) is 44.6 Å². The molecule has 0 bridgehead atoms. The van der Waals surface area contributed by atoms with E-state index in [-0.39, 0.29) is 11.5 Å². The fourth-order valence-corrected chi connectivity index (χ4v) is 4.19. The summed E-state index contributed by atoms with van der Waals surface area (Å²) in [5.41, 5.74) is 2.73. The third-order valence-corrected chi connectivity index (χ3v) is 6.36. The van der Waals surface area contributed by atoms with Crippen molar-refractivity contribution < 1.29 is 14.3 Å². The zero-order valence-corrected chi connectivity index (χ0v) is 18.4. The second-order valence-electron chi connectivity index (χ2n) is 8.57. The summed E-state index contributed by atoms with van der Waals surface area (Å²) in [6.07, 6.45) is 3.85. The summed E-state index contributed by atoms with van der Waals surface area (Å²) in [5.74, 6) is -0.500. The SMILES string of the molecule is Cc1cc(-n2cnnn2)ccc1CC(=O)N1CCC(O)(CCc2ccc(F)c(C#N)c2)CC1. The van der Waals surface area contributed by atoms with Gasteiger partial charge in [-0.05, 0) is 84.0 Å². The van der Waals surface area contributed by atoms with Crippen LogP contribution in [0.25, 0.3) is 5.69 Å². The first kappa shape index (κ1) is 22.6. The fraction of sp³-hybridized carbons (Fsp3) is 0.375. The highest BCUT2D eigenvalue weighted by Gasteiger charge is 2.33. The maximum atomic E-state index is 13.5. The monoisotopic (exact) mass is 448 g/mol. The van der Waals surface area contributed by atoms with Crippen molar-refractivity contribution in [1.29, 1.82) is 5.26 Å². The molecular formula is C24H25FN6O2. The van der Waals surface area contributed by atoms with E-state index in [1.54, 1.807) is 15.6 Å². The van der Waals surface area contributed by atoms with Gasteiger partial charge in [-0.1, -0.05) is 12.1 Å². The molecule has 4 rings (SSSR count). The van der Waals surface area contributed by atoms with Crippen molar-refractivity contribution in [2.75, 3.05) is 13.1 Å². The molecule has 1 fully saturated rings. The molecule has 9 heteroatoms. The molecule has 0 spiro atoms. The van der Waals surface area contributed by atoms with Gasteiger partial charge in [0.1, 0.15) is 18.2 Å². The van der Waals surface area contributed by atoms with Crippen LogP contribution in [0.3, 0.4) is 0 Å². The Morgan fingerprint density at radius 3 is 2.70 bits per heavy atom. The molecular weight excluding hydrogens is 423 g/mol. The van der Waals surface area contributed by atoms with Crippen molar-refractivity contribution in [3.05, 3.63) is 70.8 Å². The van der Waals surface area contributed by atoms with E-state index in [2.05, 4.69) is 15.5 Å². The fourth-order valence-electron chi connectivity index (χ4n) is 4.19. The highest BCUT2D eigenvalue weighted by molar-refractivity contribution is 5.79. The number of carbonyl (C=O) groups excluding carboxylic acids is 1. The van der Waals surface area contributed by atoms with Gasteiger partial charge in [-0.25, -0.2) is 9.07 Å². The minimum absolute atomic E-state index is 0.0150. The molecule has 0 aliphatic carbocycles. The van der Waals surface area contributed by atoms with Gasteiger partial charge >= 0.3 is 0 Å². The molecule has 1 aliphatic rings. The Hall–Kier alpha value is -3.64. The summed E-state index contributed by atoms with van der Waals surface area (Å²) in [6, 6.07) is 12.1. The largest absolute Gasteiger partial charge is 0.390 e. The second kappa shape index (κ2) is 9.46. The number of rotatable bonds is 6. The number of amides is 1. The van der Waals surface area contributed by atoms with Crippen LogP contribution in [0.15, 0.2) is 42.7 Å². The van der Waals surface area contributed by atoms with E-state index in [1.807, 2.05) is 31.2 Å². The lowest BCUT2D eigenvalue weighted by Crippen LogP contribution is -2.47. The third kappa shape index (κ3) is 5.23.